The molecule has 1 aromatic rings. The molecule has 0 aliphatic heterocycles. The molecule has 0 unspecified atom stereocenters. The lowest BCUT2D eigenvalue weighted by atomic mass is 10.2. The van der Waals surface area contributed by atoms with Crippen molar-refractivity contribution in [3.63, 3.8) is 0 Å². The third kappa shape index (κ3) is 4.47. The van der Waals surface area contributed by atoms with Crippen LogP contribution in [0.15, 0.2) is 12.3 Å². The molecule has 0 aliphatic carbocycles. The smallest absolute Gasteiger partial charge is 0.0522 e. The Hall–Kier alpha value is -0.830. The van der Waals surface area contributed by atoms with Crippen LogP contribution in [0.5, 0.6) is 0 Å². The highest BCUT2D eigenvalue weighted by molar-refractivity contribution is 5.00. The molecule has 0 saturated carbocycles. The summed E-state index contributed by atoms with van der Waals surface area (Å²) < 4.78 is 2.10. The fourth-order valence-electron chi connectivity index (χ4n) is 1.54. The monoisotopic (exact) mass is 209 g/mol. The average Bonchev–Trinajstić information content (AvgIpc) is 2.59. The van der Waals surface area contributed by atoms with E-state index in [4.69, 9.17) is 0 Å². The second kappa shape index (κ2) is 6.62. The average molecular weight is 209 g/mol. The van der Waals surface area contributed by atoms with Crippen LogP contribution in [0.3, 0.4) is 0 Å². The van der Waals surface area contributed by atoms with Crippen molar-refractivity contribution in [2.24, 2.45) is 5.92 Å². The van der Waals surface area contributed by atoms with Gasteiger partial charge in [-0.15, -0.1) is 0 Å². The molecule has 1 aromatic heterocycles. The molecule has 3 heteroatoms. The lowest BCUT2D eigenvalue weighted by Crippen LogP contribution is -2.19. The fourth-order valence-corrected chi connectivity index (χ4v) is 1.54. The molecular formula is C12H23N3. The van der Waals surface area contributed by atoms with Crippen molar-refractivity contribution in [1.29, 1.82) is 0 Å². The van der Waals surface area contributed by atoms with Gasteiger partial charge in [-0.2, -0.15) is 5.10 Å². The summed E-state index contributed by atoms with van der Waals surface area (Å²) in [5.41, 5.74) is 1.29. The SMILES string of the molecule is CCCCNCc1ccnn1CC(C)C. The molecule has 1 rings (SSSR count). The van der Waals surface area contributed by atoms with Gasteiger partial charge in [0.1, 0.15) is 0 Å². The summed E-state index contributed by atoms with van der Waals surface area (Å²) in [5.74, 6) is 0.652. The van der Waals surface area contributed by atoms with Gasteiger partial charge in [0.05, 0.1) is 5.69 Å². The molecule has 0 atom stereocenters. The first-order valence-electron chi connectivity index (χ1n) is 5.95. The summed E-state index contributed by atoms with van der Waals surface area (Å²) >= 11 is 0. The van der Waals surface area contributed by atoms with Gasteiger partial charge in [-0.25, -0.2) is 0 Å². The summed E-state index contributed by atoms with van der Waals surface area (Å²) in [6.07, 6.45) is 4.38. The van der Waals surface area contributed by atoms with Crippen LogP contribution < -0.4 is 5.32 Å². The predicted octanol–water partition coefficient (Wildman–Crippen LogP) is 2.43. The van der Waals surface area contributed by atoms with E-state index in [0.717, 1.165) is 19.6 Å². The van der Waals surface area contributed by atoms with Crippen LogP contribution >= 0.6 is 0 Å². The minimum absolute atomic E-state index is 0.652. The van der Waals surface area contributed by atoms with E-state index in [0.29, 0.717) is 5.92 Å². The zero-order valence-corrected chi connectivity index (χ0v) is 10.2. The molecule has 0 aromatic carbocycles. The zero-order valence-electron chi connectivity index (χ0n) is 10.2. The molecule has 0 aliphatic rings. The van der Waals surface area contributed by atoms with Crippen molar-refractivity contribution in [3.8, 4) is 0 Å². The maximum absolute atomic E-state index is 4.33. The molecule has 0 fully saturated rings. The molecule has 15 heavy (non-hydrogen) atoms. The van der Waals surface area contributed by atoms with E-state index in [2.05, 4.69) is 41.9 Å². The normalized spacial score (nSPS) is 11.2. The minimum atomic E-state index is 0.652. The van der Waals surface area contributed by atoms with Gasteiger partial charge in [0.2, 0.25) is 0 Å². The van der Waals surface area contributed by atoms with Crippen molar-refractivity contribution in [1.82, 2.24) is 15.1 Å². The lowest BCUT2D eigenvalue weighted by molar-refractivity contribution is 0.460. The Morgan fingerprint density at radius 2 is 2.27 bits per heavy atom. The minimum Gasteiger partial charge on any atom is -0.311 e. The van der Waals surface area contributed by atoms with Gasteiger partial charge >= 0.3 is 0 Å². The van der Waals surface area contributed by atoms with E-state index < -0.39 is 0 Å². The molecular weight excluding hydrogens is 186 g/mol. The third-order valence-corrected chi connectivity index (χ3v) is 2.36. The molecule has 86 valence electrons. The second-order valence-corrected chi connectivity index (χ2v) is 4.43. The summed E-state index contributed by atoms with van der Waals surface area (Å²) in [4.78, 5) is 0. The first-order chi connectivity index (χ1) is 7.24. The van der Waals surface area contributed by atoms with Crippen LogP contribution in [0, 0.1) is 5.92 Å². The fraction of sp³-hybridized carbons (Fsp3) is 0.750. The molecule has 1 N–H and O–H groups in total. The Kier molecular flexibility index (Phi) is 5.40. The van der Waals surface area contributed by atoms with Crippen LogP contribution in [-0.4, -0.2) is 16.3 Å². The molecule has 3 nitrogen and oxygen atoms in total. The summed E-state index contributed by atoms with van der Waals surface area (Å²) in [7, 11) is 0. The van der Waals surface area contributed by atoms with Crippen molar-refractivity contribution >= 4 is 0 Å². The largest absolute Gasteiger partial charge is 0.311 e. The topological polar surface area (TPSA) is 29.9 Å². The van der Waals surface area contributed by atoms with Crippen LogP contribution in [-0.2, 0) is 13.1 Å². The number of unbranched alkanes of at least 4 members (excludes halogenated alkanes) is 1. The number of hydrogen-bond acceptors (Lipinski definition) is 2. The van der Waals surface area contributed by atoms with Gasteiger partial charge in [-0.3, -0.25) is 4.68 Å². The van der Waals surface area contributed by atoms with E-state index in [-0.39, 0.29) is 0 Å². The first-order valence-corrected chi connectivity index (χ1v) is 5.95. The lowest BCUT2D eigenvalue weighted by Gasteiger charge is -2.10. The number of hydrogen-bond donors (Lipinski definition) is 1. The van der Waals surface area contributed by atoms with E-state index in [1.807, 2.05) is 6.20 Å². The van der Waals surface area contributed by atoms with Crippen LogP contribution in [0.4, 0.5) is 0 Å². The number of rotatable bonds is 7. The molecule has 1 heterocycles. The van der Waals surface area contributed by atoms with Crippen molar-refractivity contribution < 1.29 is 0 Å². The Morgan fingerprint density at radius 3 is 2.93 bits per heavy atom. The number of nitrogens with one attached hydrogen (secondary N) is 1. The van der Waals surface area contributed by atoms with Crippen molar-refractivity contribution in [3.05, 3.63) is 18.0 Å². The Balaban J connectivity index is 2.36. The predicted molar refractivity (Wildman–Crippen MR) is 63.7 cm³/mol. The zero-order chi connectivity index (χ0) is 11.1. The van der Waals surface area contributed by atoms with Crippen molar-refractivity contribution in [2.75, 3.05) is 6.54 Å². The Morgan fingerprint density at radius 1 is 1.47 bits per heavy atom. The third-order valence-electron chi connectivity index (χ3n) is 2.36. The maximum Gasteiger partial charge on any atom is 0.0522 e. The molecule has 0 radical (unpaired) electrons. The first kappa shape index (κ1) is 12.2. The summed E-state index contributed by atoms with van der Waals surface area (Å²) in [6, 6.07) is 2.10. The molecule has 0 amide bonds. The van der Waals surface area contributed by atoms with E-state index in [9.17, 15) is 0 Å². The van der Waals surface area contributed by atoms with Gasteiger partial charge in [0.25, 0.3) is 0 Å². The molecule has 0 saturated heterocycles. The number of nitrogens with zero attached hydrogens (tertiary/aromatic N) is 2. The summed E-state index contributed by atoms with van der Waals surface area (Å²) in [6.45, 7) is 9.70. The molecule has 0 spiro atoms. The van der Waals surface area contributed by atoms with Crippen LogP contribution in [0.25, 0.3) is 0 Å². The molecule has 0 bridgehead atoms. The summed E-state index contributed by atoms with van der Waals surface area (Å²) in [5, 5.41) is 7.77. The van der Waals surface area contributed by atoms with E-state index in [1.165, 1.54) is 18.5 Å². The second-order valence-electron chi connectivity index (χ2n) is 4.43. The Bertz CT molecular complexity index is 266. The van der Waals surface area contributed by atoms with Gasteiger partial charge in [0, 0.05) is 19.3 Å². The van der Waals surface area contributed by atoms with Gasteiger partial charge < -0.3 is 5.32 Å². The standard InChI is InChI=1S/C12H23N3/c1-4-5-7-13-9-12-6-8-14-15(12)10-11(2)3/h6,8,11,13H,4-5,7,9-10H2,1-3H3. The van der Waals surface area contributed by atoms with Gasteiger partial charge in [0.15, 0.2) is 0 Å². The van der Waals surface area contributed by atoms with Crippen molar-refractivity contribution in [2.45, 2.75) is 46.7 Å². The quantitative estimate of drug-likeness (QED) is 0.699. The van der Waals surface area contributed by atoms with E-state index >= 15 is 0 Å². The van der Waals surface area contributed by atoms with Crippen LogP contribution in [0.2, 0.25) is 0 Å². The van der Waals surface area contributed by atoms with E-state index in [1.54, 1.807) is 0 Å². The van der Waals surface area contributed by atoms with Gasteiger partial charge in [-0.05, 0) is 24.9 Å². The highest BCUT2D eigenvalue weighted by Gasteiger charge is 2.03. The van der Waals surface area contributed by atoms with Gasteiger partial charge in [-0.1, -0.05) is 27.2 Å². The maximum atomic E-state index is 4.33. The number of aromatic nitrogens is 2. The highest BCUT2D eigenvalue weighted by atomic mass is 15.3. The Labute approximate surface area is 92.9 Å². The highest BCUT2D eigenvalue weighted by Crippen LogP contribution is 2.03. The van der Waals surface area contributed by atoms with Crippen LogP contribution in [0.1, 0.15) is 39.3 Å².